The van der Waals surface area contributed by atoms with Gasteiger partial charge in [-0.2, -0.15) is 0 Å². The molecule has 51 heavy (non-hydrogen) atoms. The number of fused-ring (bicyclic) bond motifs is 9. The highest BCUT2D eigenvalue weighted by Gasteiger charge is 2.35. The highest BCUT2D eigenvalue weighted by molar-refractivity contribution is 7.26. The molecule has 6 heterocycles. The van der Waals surface area contributed by atoms with E-state index in [4.69, 9.17) is 4.99 Å². The van der Waals surface area contributed by atoms with Crippen LogP contribution in [0.1, 0.15) is 46.7 Å². The first-order valence-electron chi connectivity index (χ1n) is 17.6. The van der Waals surface area contributed by atoms with Crippen LogP contribution in [0.3, 0.4) is 0 Å². The molecule has 0 bridgehead atoms. The number of hydrogen-bond donors (Lipinski definition) is 1. The maximum Gasteiger partial charge on any atom is 0.132 e. The first-order chi connectivity index (χ1) is 25.2. The molecule has 1 aliphatic carbocycles. The first kappa shape index (κ1) is 28.3. The monoisotopic (exact) mass is 693 g/mol. The molecule has 0 fully saturated rings. The second-order valence-corrected chi connectivity index (χ2v) is 15.8. The second kappa shape index (κ2) is 10.3. The van der Waals surface area contributed by atoms with Crippen molar-refractivity contribution in [2.24, 2.45) is 4.99 Å². The van der Waals surface area contributed by atoms with Crippen LogP contribution < -0.4 is 5.32 Å². The van der Waals surface area contributed by atoms with Crippen molar-refractivity contribution in [2.45, 2.75) is 25.2 Å². The number of amidine groups is 1. The summed E-state index contributed by atoms with van der Waals surface area (Å²) in [5.41, 5.74) is 12.8. The maximum atomic E-state index is 5.36. The Morgan fingerprint density at radius 2 is 1.51 bits per heavy atom. The molecule has 1 N–H and O–H groups in total. The average Bonchev–Trinajstić information content (AvgIpc) is 3.95. The van der Waals surface area contributed by atoms with Gasteiger partial charge in [-0.1, -0.05) is 97.1 Å². The minimum Gasteiger partial charge on any atom is -0.350 e. The van der Waals surface area contributed by atoms with Gasteiger partial charge in [-0.05, 0) is 43.7 Å². The zero-order valence-electron chi connectivity index (χ0n) is 27.8. The molecule has 2 atom stereocenters. The number of nitrogens with one attached hydrogen (secondary N) is 1. The zero-order valence-corrected chi connectivity index (χ0v) is 29.4. The summed E-state index contributed by atoms with van der Waals surface area (Å²) in [6, 6.07) is 37.5. The smallest absolute Gasteiger partial charge is 0.132 e. The van der Waals surface area contributed by atoms with Crippen LogP contribution in [-0.4, -0.2) is 26.6 Å². The molecule has 10 aromatic rings. The van der Waals surface area contributed by atoms with E-state index in [1.165, 1.54) is 86.3 Å². The van der Waals surface area contributed by atoms with Crippen LogP contribution in [0.5, 0.6) is 0 Å². The third-order valence-electron chi connectivity index (χ3n) is 11.3. The SMILES string of the molecule is CN1C(c2ccccc2)N=C(c2ccccc2)NC1c1cc2c3c(n4c5cscc5n5c6ccccc6c6ccc7sc1c(c7c65)c24)CCC=C3. The Balaban J connectivity index is 1.26. The van der Waals surface area contributed by atoms with Gasteiger partial charge in [-0.25, -0.2) is 4.99 Å². The molecule has 7 heteroatoms. The number of para-hydroxylation sites is 1. The highest BCUT2D eigenvalue weighted by Crippen LogP contribution is 2.51. The summed E-state index contributed by atoms with van der Waals surface area (Å²) in [7, 11) is 2.22. The summed E-state index contributed by atoms with van der Waals surface area (Å²) in [6.45, 7) is 0. The maximum absolute atomic E-state index is 5.36. The van der Waals surface area contributed by atoms with Crippen molar-refractivity contribution in [3.8, 4) is 0 Å². The van der Waals surface area contributed by atoms with Crippen molar-refractivity contribution in [2.75, 3.05) is 7.05 Å². The van der Waals surface area contributed by atoms with Gasteiger partial charge in [0.2, 0.25) is 0 Å². The third-order valence-corrected chi connectivity index (χ3v) is 13.3. The van der Waals surface area contributed by atoms with E-state index in [1.54, 1.807) is 11.3 Å². The number of aliphatic imine (C=N–C) groups is 1. The molecule has 2 unspecified atom stereocenters. The number of nitrogens with zero attached hydrogens (tertiary/aromatic N) is 4. The van der Waals surface area contributed by atoms with Gasteiger partial charge in [0.05, 0.1) is 27.6 Å². The molecule has 0 amide bonds. The van der Waals surface area contributed by atoms with Crippen molar-refractivity contribution in [3.05, 3.63) is 148 Å². The van der Waals surface area contributed by atoms with Gasteiger partial charge < -0.3 is 14.1 Å². The summed E-state index contributed by atoms with van der Waals surface area (Å²) in [6.07, 6.45) is 6.56. The summed E-state index contributed by atoms with van der Waals surface area (Å²) in [5, 5.41) is 15.4. The van der Waals surface area contributed by atoms with Crippen molar-refractivity contribution >= 4 is 98.5 Å². The molecule has 5 aromatic carbocycles. The molecule has 5 aromatic heterocycles. The zero-order chi connectivity index (χ0) is 33.4. The molecular weight excluding hydrogens is 663 g/mol. The summed E-state index contributed by atoms with van der Waals surface area (Å²) >= 11 is 3.75. The third kappa shape index (κ3) is 3.70. The topological polar surface area (TPSA) is 36.5 Å². The molecule has 244 valence electrons. The van der Waals surface area contributed by atoms with Gasteiger partial charge in [0.15, 0.2) is 0 Å². The lowest BCUT2D eigenvalue weighted by Gasteiger charge is -2.39. The van der Waals surface area contributed by atoms with E-state index >= 15 is 0 Å². The van der Waals surface area contributed by atoms with Gasteiger partial charge in [-0.3, -0.25) is 4.90 Å². The lowest BCUT2D eigenvalue weighted by molar-refractivity contribution is 0.153. The Bertz CT molecular complexity index is 3090. The quantitative estimate of drug-likeness (QED) is 0.200. The van der Waals surface area contributed by atoms with Crippen molar-refractivity contribution in [1.29, 1.82) is 0 Å². The molecule has 2 aliphatic rings. The van der Waals surface area contributed by atoms with Crippen LogP contribution in [0, 0.1) is 0 Å². The Labute approximate surface area is 301 Å². The van der Waals surface area contributed by atoms with E-state index in [0.29, 0.717) is 0 Å². The predicted octanol–water partition coefficient (Wildman–Crippen LogP) is 11.2. The van der Waals surface area contributed by atoms with E-state index in [0.717, 1.165) is 24.2 Å². The summed E-state index contributed by atoms with van der Waals surface area (Å²) < 4.78 is 7.86. The van der Waals surface area contributed by atoms with Crippen LogP contribution in [0.4, 0.5) is 0 Å². The summed E-state index contributed by atoms with van der Waals surface area (Å²) in [5.74, 6) is 0.924. The van der Waals surface area contributed by atoms with Crippen LogP contribution in [-0.2, 0) is 6.42 Å². The Morgan fingerprint density at radius 1 is 0.745 bits per heavy atom. The van der Waals surface area contributed by atoms with E-state index in [1.807, 2.05) is 11.3 Å². The van der Waals surface area contributed by atoms with Crippen molar-refractivity contribution in [1.82, 2.24) is 19.0 Å². The molecular formula is C44H31N5S2. The van der Waals surface area contributed by atoms with Crippen LogP contribution in [0.15, 0.2) is 125 Å². The van der Waals surface area contributed by atoms with Crippen molar-refractivity contribution < 1.29 is 0 Å². The lowest BCUT2D eigenvalue weighted by Crippen LogP contribution is -2.46. The van der Waals surface area contributed by atoms with E-state index in [2.05, 4.69) is 152 Å². The largest absolute Gasteiger partial charge is 0.350 e. The predicted molar refractivity (Wildman–Crippen MR) is 216 cm³/mol. The Morgan fingerprint density at radius 3 is 2.37 bits per heavy atom. The van der Waals surface area contributed by atoms with E-state index in [9.17, 15) is 0 Å². The van der Waals surface area contributed by atoms with Crippen LogP contribution in [0.25, 0.3) is 70.0 Å². The fraction of sp³-hybridized carbons (Fsp3) is 0.114. The number of aryl methyl sites for hydroxylation is 1. The second-order valence-electron chi connectivity index (χ2n) is 14.0. The minimum atomic E-state index is -0.146. The van der Waals surface area contributed by atoms with Gasteiger partial charge in [0, 0.05) is 69.5 Å². The standard InChI is InChI=1S/C44H31N5S2/c1-47-43(26-14-6-3-7-15-26)45-42(25-12-4-2-5-13-25)46-44(47)31-22-30-28-17-9-11-19-33(28)49-35-24-50-23-34(35)48-32-18-10-8-16-27(32)29-20-21-36-37(39(29)48)38(40(30)49)41(31)51-36/h2-10,12-18,20-24,43-44H,11,19H2,1H3,(H,45,46). The Hall–Kier alpha value is -5.47. The molecule has 0 saturated carbocycles. The summed E-state index contributed by atoms with van der Waals surface area (Å²) in [4.78, 5) is 7.78. The normalized spacial score (nSPS) is 18.3. The molecule has 0 saturated heterocycles. The Kier molecular flexibility index (Phi) is 5.70. The van der Waals surface area contributed by atoms with Crippen LogP contribution in [0.2, 0.25) is 0 Å². The number of thiophene rings is 2. The molecule has 0 radical (unpaired) electrons. The van der Waals surface area contributed by atoms with Gasteiger partial charge in [-0.15, -0.1) is 22.7 Å². The minimum absolute atomic E-state index is 0.115. The van der Waals surface area contributed by atoms with Gasteiger partial charge >= 0.3 is 0 Å². The number of benzene rings is 5. The molecule has 1 aliphatic heterocycles. The van der Waals surface area contributed by atoms with Gasteiger partial charge in [0.25, 0.3) is 0 Å². The van der Waals surface area contributed by atoms with Crippen LogP contribution >= 0.6 is 22.7 Å². The molecule has 0 spiro atoms. The number of hydrogen-bond acceptors (Lipinski definition) is 5. The lowest BCUT2D eigenvalue weighted by atomic mass is 9.96. The molecule has 12 rings (SSSR count). The number of rotatable bonds is 3. The fourth-order valence-corrected chi connectivity index (χ4v) is 11.2. The van der Waals surface area contributed by atoms with Gasteiger partial charge in [0.1, 0.15) is 18.2 Å². The molecule has 5 nitrogen and oxygen atoms in total. The van der Waals surface area contributed by atoms with E-state index < -0.39 is 0 Å². The first-order valence-corrected chi connectivity index (χ1v) is 19.4. The average molecular weight is 694 g/mol. The van der Waals surface area contributed by atoms with Crippen molar-refractivity contribution in [3.63, 3.8) is 0 Å². The number of aromatic nitrogens is 2. The highest BCUT2D eigenvalue weighted by atomic mass is 32.1. The fourth-order valence-electron chi connectivity index (χ4n) is 9.14. The number of allylic oxidation sites excluding steroid dienone is 1. The van der Waals surface area contributed by atoms with E-state index in [-0.39, 0.29) is 12.3 Å².